The molecule has 1 aliphatic heterocycles. The molecule has 1 unspecified atom stereocenters. The Morgan fingerprint density at radius 2 is 2.14 bits per heavy atom. The topological polar surface area (TPSA) is 36.3 Å². The predicted molar refractivity (Wildman–Crippen MR) is 85.2 cm³/mol. The van der Waals surface area contributed by atoms with E-state index in [1.165, 1.54) is 16.2 Å². The van der Waals surface area contributed by atoms with Crippen LogP contribution in [0.2, 0.25) is 10.0 Å². The Kier molecular flexibility index (Phi) is 4.10. The summed E-state index contributed by atoms with van der Waals surface area (Å²) in [6.07, 6.45) is -0.102. The SMILES string of the molecule is CN1Cc2sc(C#N)cc2C(Oc2ccc(Cl)c(Cl)c2)C1. The molecule has 3 rings (SSSR count). The lowest BCUT2D eigenvalue weighted by Crippen LogP contribution is -2.31. The summed E-state index contributed by atoms with van der Waals surface area (Å²) < 4.78 is 6.06. The molecular weight excluding hydrogens is 327 g/mol. The zero-order valence-electron chi connectivity index (χ0n) is 11.3. The van der Waals surface area contributed by atoms with Crippen molar-refractivity contribution in [1.82, 2.24) is 4.90 Å². The zero-order valence-corrected chi connectivity index (χ0v) is 13.6. The molecule has 0 saturated heterocycles. The molecule has 0 N–H and O–H groups in total. The molecule has 1 aromatic carbocycles. The van der Waals surface area contributed by atoms with E-state index in [0.717, 1.165) is 23.5 Å². The standard InChI is InChI=1S/C15H12Cl2N2OS/c1-19-7-14(11-5-10(6-18)21-15(11)8-19)20-9-2-3-12(16)13(17)4-9/h2-5,14H,7-8H2,1H3. The van der Waals surface area contributed by atoms with E-state index in [2.05, 4.69) is 11.0 Å². The van der Waals surface area contributed by atoms with Gasteiger partial charge in [-0.1, -0.05) is 23.2 Å². The molecule has 3 nitrogen and oxygen atoms in total. The van der Waals surface area contributed by atoms with E-state index in [1.807, 2.05) is 13.1 Å². The lowest BCUT2D eigenvalue weighted by atomic mass is 10.1. The molecule has 6 heteroatoms. The van der Waals surface area contributed by atoms with Crippen LogP contribution in [0.1, 0.15) is 21.4 Å². The fraction of sp³-hybridized carbons (Fsp3) is 0.267. The number of halogens is 2. The maximum atomic E-state index is 9.07. The van der Waals surface area contributed by atoms with E-state index in [4.69, 9.17) is 33.2 Å². The summed E-state index contributed by atoms with van der Waals surface area (Å²) in [6.45, 7) is 1.62. The Labute approximate surface area is 137 Å². The van der Waals surface area contributed by atoms with Crippen molar-refractivity contribution in [1.29, 1.82) is 5.26 Å². The molecule has 108 valence electrons. The Bertz CT molecular complexity index is 723. The average Bonchev–Trinajstić information content (AvgIpc) is 2.86. The second-order valence-corrected chi connectivity index (χ2v) is 6.93. The third kappa shape index (κ3) is 3.02. The van der Waals surface area contributed by atoms with Crippen molar-refractivity contribution in [3.8, 4) is 11.8 Å². The van der Waals surface area contributed by atoms with Gasteiger partial charge in [0.2, 0.25) is 0 Å². The molecule has 0 aliphatic carbocycles. The highest BCUT2D eigenvalue weighted by Crippen LogP contribution is 2.36. The number of rotatable bonds is 2. The molecule has 0 fully saturated rings. The predicted octanol–water partition coefficient (Wildman–Crippen LogP) is 4.49. The van der Waals surface area contributed by atoms with Gasteiger partial charge in [-0.05, 0) is 25.2 Å². The Morgan fingerprint density at radius 3 is 2.86 bits per heavy atom. The van der Waals surface area contributed by atoms with Gasteiger partial charge >= 0.3 is 0 Å². The van der Waals surface area contributed by atoms with Crippen LogP contribution in [0.5, 0.6) is 5.75 Å². The zero-order chi connectivity index (χ0) is 15.0. The Morgan fingerprint density at radius 1 is 1.33 bits per heavy atom. The van der Waals surface area contributed by atoms with Crippen LogP contribution in [-0.2, 0) is 6.54 Å². The third-order valence-corrected chi connectivity index (χ3v) is 5.14. The first-order chi connectivity index (χ1) is 10.1. The lowest BCUT2D eigenvalue weighted by molar-refractivity contribution is 0.131. The van der Waals surface area contributed by atoms with E-state index in [9.17, 15) is 0 Å². The number of ether oxygens (including phenoxy) is 1. The smallest absolute Gasteiger partial charge is 0.138 e. The number of likely N-dealkylation sites (N-methyl/N-ethyl adjacent to an activating group) is 1. The summed E-state index contributed by atoms with van der Waals surface area (Å²) in [4.78, 5) is 4.09. The summed E-state index contributed by atoms with van der Waals surface area (Å²) in [6, 6.07) is 9.38. The lowest BCUT2D eigenvalue weighted by Gasteiger charge is -2.30. The molecule has 2 heterocycles. The molecule has 0 saturated carbocycles. The first kappa shape index (κ1) is 14.7. The Hall–Kier alpha value is -1.25. The van der Waals surface area contributed by atoms with Crippen molar-refractivity contribution in [2.75, 3.05) is 13.6 Å². The molecule has 1 atom stereocenters. The molecule has 2 aromatic rings. The van der Waals surface area contributed by atoms with Gasteiger partial charge in [-0.15, -0.1) is 11.3 Å². The maximum absolute atomic E-state index is 9.07. The maximum Gasteiger partial charge on any atom is 0.138 e. The Balaban J connectivity index is 1.90. The van der Waals surface area contributed by atoms with E-state index >= 15 is 0 Å². The number of fused-ring (bicyclic) bond motifs is 1. The summed E-state index contributed by atoms with van der Waals surface area (Å²) in [5, 5.41) is 10.1. The van der Waals surface area contributed by atoms with Gasteiger partial charge in [0.15, 0.2) is 0 Å². The van der Waals surface area contributed by atoms with Gasteiger partial charge < -0.3 is 4.74 Å². The van der Waals surface area contributed by atoms with Crippen molar-refractivity contribution < 1.29 is 4.74 Å². The molecule has 1 aromatic heterocycles. The van der Waals surface area contributed by atoms with Crippen LogP contribution in [0.3, 0.4) is 0 Å². The van der Waals surface area contributed by atoms with Crippen molar-refractivity contribution >= 4 is 34.5 Å². The first-order valence-corrected chi connectivity index (χ1v) is 7.97. The molecule has 0 amide bonds. The number of hydrogen-bond donors (Lipinski definition) is 0. The van der Waals surface area contributed by atoms with Crippen LogP contribution in [0.4, 0.5) is 0 Å². The molecule has 1 aliphatic rings. The highest BCUT2D eigenvalue weighted by molar-refractivity contribution is 7.12. The minimum Gasteiger partial charge on any atom is -0.484 e. The molecule has 0 spiro atoms. The van der Waals surface area contributed by atoms with Gasteiger partial charge in [0, 0.05) is 29.6 Å². The van der Waals surface area contributed by atoms with Crippen LogP contribution in [0.15, 0.2) is 24.3 Å². The van der Waals surface area contributed by atoms with Crippen molar-refractivity contribution in [2.45, 2.75) is 12.6 Å². The van der Waals surface area contributed by atoms with E-state index in [0.29, 0.717) is 15.8 Å². The van der Waals surface area contributed by atoms with Crippen LogP contribution in [0.25, 0.3) is 0 Å². The van der Waals surface area contributed by atoms with Crippen LogP contribution in [-0.4, -0.2) is 18.5 Å². The van der Waals surface area contributed by atoms with Crippen molar-refractivity contribution in [2.24, 2.45) is 0 Å². The normalized spacial score (nSPS) is 18.1. The van der Waals surface area contributed by atoms with E-state index in [-0.39, 0.29) is 6.10 Å². The number of nitriles is 1. The highest BCUT2D eigenvalue weighted by Gasteiger charge is 2.27. The third-order valence-electron chi connectivity index (χ3n) is 3.36. The van der Waals surface area contributed by atoms with Crippen LogP contribution in [0, 0.1) is 11.3 Å². The van der Waals surface area contributed by atoms with Crippen LogP contribution >= 0.6 is 34.5 Å². The van der Waals surface area contributed by atoms with Crippen molar-refractivity contribution in [3.05, 3.63) is 49.6 Å². The van der Waals surface area contributed by atoms with Gasteiger partial charge in [-0.3, -0.25) is 4.90 Å². The molecule has 0 bridgehead atoms. The number of thiophene rings is 1. The summed E-state index contributed by atoms with van der Waals surface area (Å²) in [5.41, 5.74) is 1.10. The van der Waals surface area contributed by atoms with Gasteiger partial charge in [-0.25, -0.2) is 0 Å². The molecule has 21 heavy (non-hydrogen) atoms. The minimum absolute atomic E-state index is 0.102. The molecular formula is C15H12Cl2N2OS. The van der Waals surface area contributed by atoms with Gasteiger partial charge in [0.05, 0.1) is 10.0 Å². The number of nitrogens with zero attached hydrogens (tertiary/aromatic N) is 2. The van der Waals surface area contributed by atoms with Gasteiger partial charge in [0.1, 0.15) is 22.8 Å². The molecule has 0 radical (unpaired) electrons. The second-order valence-electron chi connectivity index (χ2n) is 4.98. The average molecular weight is 339 g/mol. The van der Waals surface area contributed by atoms with E-state index in [1.54, 1.807) is 18.2 Å². The second kappa shape index (κ2) is 5.86. The first-order valence-electron chi connectivity index (χ1n) is 6.40. The van der Waals surface area contributed by atoms with E-state index < -0.39 is 0 Å². The van der Waals surface area contributed by atoms with Crippen molar-refractivity contribution in [3.63, 3.8) is 0 Å². The number of hydrogen-bond acceptors (Lipinski definition) is 4. The quantitative estimate of drug-likeness (QED) is 0.809. The van der Waals surface area contributed by atoms with Gasteiger partial charge in [0.25, 0.3) is 0 Å². The fourth-order valence-electron chi connectivity index (χ4n) is 2.40. The van der Waals surface area contributed by atoms with Crippen LogP contribution < -0.4 is 4.74 Å². The minimum atomic E-state index is -0.102. The van der Waals surface area contributed by atoms with Gasteiger partial charge in [-0.2, -0.15) is 5.26 Å². The highest BCUT2D eigenvalue weighted by atomic mass is 35.5. The monoisotopic (exact) mass is 338 g/mol. The largest absolute Gasteiger partial charge is 0.484 e. The summed E-state index contributed by atoms with van der Waals surface area (Å²) >= 11 is 13.5. The number of benzene rings is 1. The summed E-state index contributed by atoms with van der Waals surface area (Å²) in [5.74, 6) is 0.681. The summed E-state index contributed by atoms with van der Waals surface area (Å²) in [7, 11) is 2.04. The fourth-order valence-corrected chi connectivity index (χ4v) is 3.78.